The van der Waals surface area contributed by atoms with E-state index in [0.717, 1.165) is 0 Å². The lowest BCUT2D eigenvalue weighted by molar-refractivity contribution is 0.709. The second kappa shape index (κ2) is 1.91. The monoisotopic (exact) mass is 151 g/mol. The molecule has 0 aliphatic carbocycles. The first-order valence-corrected chi connectivity index (χ1v) is 3.15. The Morgan fingerprint density at radius 3 is 3.18 bits per heavy atom. The fourth-order valence-electron chi connectivity index (χ4n) is 1.02. The maximum atomic E-state index is 11.0. The van der Waals surface area contributed by atoms with Crippen LogP contribution in [0.5, 0.6) is 0 Å². The predicted octanol–water partition coefficient (Wildman–Crippen LogP) is -1.04. The molecule has 0 saturated heterocycles. The first-order valence-electron chi connectivity index (χ1n) is 3.15. The van der Waals surface area contributed by atoms with E-state index < -0.39 is 11.4 Å². The summed E-state index contributed by atoms with van der Waals surface area (Å²) in [6.07, 6.45) is 3.42. The molecule has 0 radical (unpaired) electrons. The quantitative estimate of drug-likeness (QED) is 0.515. The topological polar surface area (TPSA) is 67.8 Å². The summed E-state index contributed by atoms with van der Waals surface area (Å²) in [5.41, 5.74) is -0.988. The van der Waals surface area contributed by atoms with Gasteiger partial charge in [0.1, 0.15) is 5.82 Å². The van der Waals surface area contributed by atoms with E-state index in [1.807, 2.05) is 0 Å². The third-order valence-electron chi connectivity index (χ3n) is 1.51. The van der Waals surface area contributed by atoms with Crippen LogP contribution in [0.3, 0.4) is 0 Å². The van der Waals surface area contributed by atoms with Gasteiger partial charge in [-0.25, -0.2) is 9.59 Å². The molecule has 2 rings (SSSR count). The minimum Gasteiger partial charge on any atom is -0.274 e. The molecule has 0 atom stereocenters. The van der Waals surface area contributed by atoms with Crippen LogP contribution in [-0.4, -0.2) is 14.5 Å². The Morgan fingerprint density at radius 1 is 1.55 bits per heavy atom. The summed E-state index contributed by atoms with van der Waals surface area (Å²) >= 11 is 0. The number of aromatic nitrogens is 3. The van der Waals surface area contributed by atoms with Gasteiger partial charge < -0.3 is 0 Å². The van der Waals surface area contributed by atoms with Gasteiger partial charge in [-0.3, -0.25) is 9.55 Å². The van der Waals surface area contributed by atoms with E-state index in [1.54, 1.807) is 12.2 Å². The third-order valence-corrected chi connectivity index (χ3v) is 1.51. The van der Waals surface area contributed by atoms with Gasteiger partial charge in [0, 0.05) is 6.54 Å². The lowest BCUT2D eigenvalue weighted by Gasteiger charge is -1.96. The summed E-state index contributed by atoms with van der Waals surface area (Å²) in [6, 6.07) is 0. The highest BCUT2D eigenvalue weighted by Crippen LogP contribution is 2.00. The summed E-state index contributed by atoms with van der Waals surface area (Å²) in [5.74, 6) is 0.429. The first kappa shape index (κ1) is 6.09. The summed E-state index contributed by atoms with van der Waals surface area (Å²) in [7, 11) is 0. The van der Waals surface area contributed by atoms with Crippen molar-refractivity contribution in [2.24, 2.45) is 0 Å². The molecule has 0 saturated carbocycles. The fraction of sp³-hybridized carbons (Fsp3) is 0.167. The lowest BCUT2D eigenvalue weighted by atomic mass is 10.6. The Kier molecular flexibility index (Phi) is 1.06. The highest BCUT2D eigenvalue weighted by atomic mass is 16.2. The molecule has 0 fully saturated rings. The molecular formula is C6H5N3O2. The SMILES string of the molecule is O=c1nc2n(c(=O)[nH]1)CC=C2. The van der Waals surface area contributed by atoms with Gasteiger partial charge in [0.25, 0.3) is 0 Å². The van der Waals surface area contributed by atoms with E-state index in [1.165, 1.54) is 4.57 Å². The summed E-state index contributed by atoms with van der Waals surface area (Å²) < 4.78 is 1.39. The van der Waals surface area contributed by atoms with Gasteiger partial charge in [-0.2, -0.15) is 4.98 Å². The average molecular weight is 151 g/mol. The van der Waals surface area contributed by atoms with Gasteiger partial charge in [0.05, 0.1) is 0 Å². The van der Waals surface area contributed by atoms with E-state index in [9.17, 15) is 9.59 Å². The number of allylic oxidation sites excluding steroid dienone is 1. The van der Waals surface area contributed by atoms with E-state index >= 15 is 0 Å². The van der Waals surface area contributed by atoms with E-state index in [2.05, 4.69) is 9.97 Å². The van der Waals surface area contributed by atoms with Crippen molar-refractivity contribution in [1.82, 2.24) is 14.5 Å². The Balaban J connectivity index is 2.87. The molecule has 11 heavy (non-hydrogen) atoms. The van der Waals surface area contributed by atoms with Crippen LogP contribution in [0.2, 0.25) is 0 Å². The maximum absolute atomic E-state index is 11.0. The summed E-state index contributed by atoms with van der Waals surface area (Å²) in [6.45, 7) is 0.498. The van der Waals surface area contributed by atoms with E-state index in [-0.39, 0.29) is 0 Å². The average Bonchev–Trinajstić information content (AvgIpc) is 2.34. The zero-order valence-electron chi connectivity index (χ0n) is 5.57. The van der Waals surface area contributed by atoms with Crippen molar-refractivity contribution >= 4 is 6.08 Å². The molecule has 56 valence electrons. The van der Waals surface area contributed by atoms with Crippen molar-refractivity contribution in [3.8, 4) is 0 Å². The predicted molar refractivity (Wildman–Crippen MR) is 38.2 cm³/mol. The van der Waals surface area contributed by atoms with Crippen molar-refractivity contribution in [3.63, 3.8) is 0 Å². The Labute approximate surface area is 61.0 Å². The van der Waals surface area contributed by atoms with Crippen molar-refractivity contribution in [3.05, 3.63) is 32.9 Å². The molecule has 1 aromatic heterocycles. The van der Waals surface area contributed by atoms with E-state index in [0.29, 0.717) is 12.4 Å². The van der Waals surface area contributed by atoms with Crippen molar-refractivity contribution in [2.75, 3.05) is 0 Å². The minimum atomic E-state index is -0.590. The smallest absolute Gasteiger partial charge is 0.274 e. The van der Waals surface area contributed by atoms with Crippen LogP contribution in [0.4, 0.5) is 0 Å². The minimum absolute atomic E-state index is 0.398. The third kappa shape index (κ3) is 0.813. The molecule has 1 aliphatic rings. The van der Waals surface area contributed by atoms with Crippen LogP contribution >= 0.6 is 0 Å². The fourth-order valence-corrected chi connectivity index (χ4v) is 1.02. The summed E-state index contributed by atoms with van der Waals surface area (Å²) in [5, 5.41) is 0. The van der Waals surface area contributed by atoms with Crippen LogP contribution in [0.25, 0.3) is 6.08 Å². The zero-order chi connectivity index (χ0) is 7.84. The van der Waals surface area contributed by atoms with Gasteiger partial charge >= 0.3 is 11.4 Å². The van der Waals surface area contributed by atoms with Crippen LogP contribution in [0, 0.1) is 0 Å². The van der Waals surface area contributed by atoms with Crippen molar-refractivity contribution in [1.29, 1.82) is 0 Å². The van der Waals surface area contributed by atoms with Gasteiger partial charge in [-0.05, 0) is 6.08 Å². The Bertz CT molecular complexity index is 426. The maximum Gasteiger partial charge on any atom is 0.351 e. The Hall–Kier alpha value is -1.65. The van der Waals surface area contributed by atoms with Crippen molar-refractivity contribution in [2.45, 2.75) is 6.54 Å². The van der Waals surface area contributed by atoms with E-state index in [4.69, 9.17) is 0 Å². The molecule has 5 heteroatoms. The number of fused-ring (bicyclic) bond motifs is 1. The van der Waals surface area contributed by atoms with Gasteiger partial charge in [0.15, 0.2) is 0 Å². The molecule has 1 aromatic rings. The zero-order valence-corrected chi connectivity index (χ0v) is 5.57. The van der Waals surface area contributed by atoms with Crippen molar-refractivity contribution < 1.29 is 0 Å². The number of hydrogen-bond donors (Lipinski definition) is 1. The van der Waals surface area contributed by atoms with Crippen LogP contribution in [0.15, 0.2) is 15.7 Å². The molecule has 1 N–H and O–H groups in total. The molecule has 0 amide bonds. The summed E-state index contributed by atoms with van der Waals surface area (Å²) in [4.78, 5) is 27.2. The second-order valence-electron chi connectivity index (χ2n) is 2.22. The number of nitrogens with zero attached hydrogens (tertiary/aromatic N) is 2. The highest BCUT2D eigenvalue weighted by Gasteiger charge is 2.07. The van der Waals surface area contributed by atoms with Gasteiger partial charge in [-0.15, -0.1) is 0 Å². The van der Waals surface area contributed by atoms with Crippen LogP contribution < -0.4 is 11.4 Å². The lowest BCUT2D eigenvalue weighted by Crippen LogP contribution is -2.32. The standard InChI is InChI=1S/C6H5N3O2/c10-5-7-4-2-1-3-9(4)6(11)8-5/h1-2H,3H2,(H,8,10,11). The van der Waals surface area contributed by atoms with Crippen LogP contribution in [0.1, 0.15) is 5.82 Å². The Morgan fingerprint density at radius 2 is 2.36 bits per heavy atom. The molecular weight excluding hydrogens is 146 g/mol. The van der Waals surface area contributed by atoms with Crippen LogP contribution in [-0.2, 0) is 6.54 Å². The molecule has 5 nitrogen and oxygen atoms in total. The highest BCUT2D eigenvalue weighted by molar-refractivity contribution is 5.43. The number of nitrogens with one attached hydrogen (secondary N) is 1. The van der Waals surface area contributed by atoms with Gasteiger partial charge in [-0.1, -0.05) is 6.08 Å². The largest absolute Gasteiger partial charge is 0.351 e. The molecule has 0 aromatic carbocycles. The van der Waals surface area contributed by atoms with Gasteiger partial charge in [0.2, 0.25) is 0 Å². The number of aromatic amines is 1. The number of hydrogen-bond acceptors (Lipinski definition) is 3. The molecule has 0 bridgehead atoms. The molecule has 0 unspecified atom stereocenters. The first-order chi connectivity index (χ1) is 5.27. The molecule has 1 aliphatic heterocycles. The molecule has 2 heterocycles. The second-order valence-corrected chi connectivity index (χ2v) is 2.22. The number of rotatable bonds is 0. The normalized spacial score (nSPS) is 13.5. The molecule has 0 spiro atoms. The number of H-pyrrole nitrogens is 1.